The van der Waals surface area contributed by atoms with E-state index < -0.39 is 17.8 Å². The maximum absolute atomic E-state index is 14.5. The van der Waals surface area contributed by atoms with Crippen molar-refractivity contribution < 1.29 is 52.7 Å². The van der Waals surface area contributed by atoms with E-state index in [1.54, 1.807) is 12.4 Å². The van der Waals surface area contributed by atoms with Gasteiger partial charge in [0, 0.05) is 180 Å². The molecule has 30 nitrogen and oxygen atoms in total. The second-order valence-electron chi connectivity index (χ2n) is 46.0. The number of likely N-dealkylation sites (N-methyl/N-ethyl adjacent to an activating group) is 2. The van der Waals surface area contributed by atoms with Gasteiger partial charge in [-0.2, -0.15) is 0 Å². The normalized spacial score (nSPS) is 22.0. The highest BCUT2D eigenvalue weighted by Gasteiger charge is 2.51. The Balaban J connectivity index is 0.000000135. The fraction of sp³-hybridized carbons (Fsp3) is 0.576. The number of piperidine rings is 7. The van der Waals surface area contributed by atoms with Crippen LogP contribution in [0.3, 0.4) is 0 Å². The number of rotatable bonds is 23. The highest BCUT2D eigenvalue weighted by atomic mass is 16.2. The Labute approximate surface area is 872 Å². The highest BCUT2D eigenvalue weighted by molar-refractivity contribution is 6.05. The molecule has 10 saturated heterocycles. The zero-order valence-electron chi connectivity index (χ0n) is 88.0. The van der Waals surface area contributed by atoms with Crippen molar-refractivity contribution in [1.82, 2.24) is 70.0 Å². The largest absolute Gasteiger partial charge is 0.343 e. The SMILES string of the molecule is CN[C@H](C)C(=O)N1CCC2(CCN(C(=O)[C@H](CC(=O)N3CCC(C4=Cc5ccccc5CC4=O)CC3)Cc3cc(C)c4c(c3)C=NC4)C2)CC1.CN[C@H](C)C(=O)N1CCC2(CCN(C(=O)[C@H](CC(=O)N3CCC(N4C(=O)Cc5ncccc54)CC3)Cc3cc(C)c4c(c3)C=NC4)C2)CC1.Cc1cc(C[C@@H](CC(=O)N2CCC(N3C(=O)Cc4ncccc43)CC2)C(=O)N2CCC3(CCN(C4CCNCC4)CC3)C2)cc2c1CN=C2. The van der Waals surface area contributed by atoms with E-state index in [4.69, 9.17) is 0 Å². The van der Waals surface area contributed by atoms with Crippen LogP contribution in [0.4, 0.5) is 11.4 Å². The number of carbonyl (C=O) groups excluding carboxylic acids is 11. The first kappa shape index (κ1) is 103. The van der Waals surface area contributed by atoms with Crippen molar-refractivity contribution in [1.29, 1.82) is 0 Å². The van der Waals surface area contributed by atoms with Crippen LogP contribution in [0.15, 0.2) is 118 Å². The molecule has 6 aromatic rings. The molecule has 3 spiro atoms. The number of amides is 10. The number of allylic oxidation sites excluding steroid dienone is 1. The van der Waals surface area contributed by atoms with Crippen molar-refractivity contribution in [3.05, 3.63) is 192 Å². The second kappa shape index (κ2) is 44.7. The fourth-order valence-corrected chi connectivity index (χ4v) is 27.5. The first-order valence-electron chi connectivity index (χ1n) is 55.4. The van der Waals surface area contributed by atoms with Crippen molar-refractivity contribution in [3.8, 4) is 0 Å². The molecule has 10 fully saturated rings. The van der Waals surface area contributed by atoms with Crippen molar-refractivity contribution in [2.75, 3.05) is 155 Å². The quantitative estimate of drug-likeness (QED) is 0.0537. The molecule has 22 rings (SSSR count). The number of likely N-dealkylation sites (tertiary alicyclic amines) is 9. The van der Waals surface area contributed by atoms with Crippen LogP contribution in [-0.4, -0.2) is 313 Å². The van der Waals surface area contributed by atoms with Crippen LogP contribution < -0.4 is 25.8 Å². The van der Waals surface area contributed by atoms with E-state index in [1.807, 2.05) is 133 Å². The molecule has 5 atom stereocenters. The van der Waals surface area contributed by atoms with Gasteiger partial charge >= 0.3 is 0 Å². The number of aliphatic imine (C=N–C) groups is 3. The molecule has 4 aromatic carbocycles. The van der Waals surface area contributed by atoms with Crippen LogP contribution in [0.5, 0.6) is 0 Å². The van der Waals surface area contributed by atoms with Crippen LogP contribution in [0.25, 0.3) is 6.08 Å². The summed E-state index contributed by atoms with van der Waals surface area (Å²) in [5.41, 5.74) is 20.7. The van der Waals surface area contributed by atoms with Gasteiger partial charge in [0.2, 0.25) is 59.1 Å². The summed E-state index contributed by atoms with van der Waals surface area (Å²) in [4.78, 5) is 194. The molecule has 10 amide bonds. The van der Waals surface area contributed by atoms with E-state index in [0.29, 0.717) is 156 Å². The Morgan fingerprint density at radius 2 is 0.750 bits per heavy atom. The van der Waals surface area contributed by atoms with Gasteiger partial charge in [-0.3, -0.25) is 77.7 Å². The number of carbonyl (C=O) groups is 11. The number of ketones is 1. The third-order valence-corrected chi connectivity index (χ3v) is 36.8. The molecule has 148 heavy (non-hydrogen) atoms. The maximum atomic E-state index is 14.5. The Morgan fingerprint density at radius 3 is 1.13 bits per heavy atom. The van der Waals surface area contributed by atoms with Gasteiger partial charge in [-0.25, -0.2) is 0 Å². The molecule has 15 aliphatic heterocycles. The van der Waals surface area contributed by atoms with Gasteiger partial charge in [0.1, 0.15) is 0 Å². The average molecular weight is 2010 g/mol. The molecule has 0 saturated carbocycles. The topological polar surface area (TPSA) is 322 Å². The summed E-state index contributed by atoms with van der Waals surface area (Å²) in [7, 11) is 3.62. The van der Waals surface area contributed by atoms with E-state index >= 15 is 0 Å². The Bertz CT molecular complexity index is 6170. The molecule has 3 N–H and O–H groups in total. The minimum atomic E-state index is -0.465. The summed E-state index contributed by atoms with van der Waals surface area (Å²) in [5.74, 6) is -0.190. The van der Waals surface area contributed by atoms with Crippen LogP contribution >= 0.6 is 0 Å². The lowest BCUT2D eigenvalue weighted by Crippen LogP contribution is -2.50. The molecular weight excluding hydrogens is 1860 g/mol. The maximum Gasteiger partial charge on any atom is 0.239 e. The van der Waals surface area contributed by atoms with Crippen LogP contribution in [-0.2, 0) is 111 Å². The predicted molar refractivity (Wildman–Crippen MR) is 572 cm³/mol. The number of hydrogen-bond acceptors (Lipinski definition) is 20. The lowest BCUT2D eigenvalue weighted by Gasteiger charge is -2.44. The summed E-state index contributed by atoms with van der Waals surface area (Å²) in [5, 5.41) is 9.61. The molecule has 16 aliphatic rings. The summed E-state index contributed by atoms with van der Waals surface area (Å²) in [6.07, 6.45) is 30.2. The van der Waals surface area contributed by atoms with Gasteiger partial charge < -0.3 is 69.8 Å². The van der Waals surface area contributed by atoms with Crippen molar-refractivity contribution >= 4 is 101 Å². The summed E-state index contributed by atoms with van der Waals surface area (Å²) in [6.45, 7) is 27.5. The molecule has 0 bridgehead atoms. The Kier molecular flexibility index (Phi) is 31.2. The van der Waals surface area contributed by atoms with E-state index in [-0.39, 0.29) is 130 Å². The zero-order chi connectivity index (χ0) is 103. The molecule has 1 aliphatic carbocycles. The molecule has 0 unspecified atom stereocenters. The molecule has 2 aromatic heterocycles. The van der Waals surface area contributed by atoms with Gasteiger partial charge in [-0.15, -0.1) is 0 Å². The van der Waals surface area contributed by atoms with Gasteiger partial charge in [0.05, 0.1) is 85.1 Å². The number of fused-ring (bicyclic) bond motifs is 6. The fourth-order valence-electron chi connectivity index (χ4n) is 27.5. The summed E-state index contributed by atoms with van der Waals surface area (Å²) >= 11 is 0. The number of aromatic nitrogens is 2. The number of aryl methyl sites for hydroxylation is 3. The minimum Gasteiger partial charge on any atom is -0.343 e. The minimum absolute atomic E-state index is 0.00504. The van der Waals surface area contributed by atoms with E-state index in [2.05, 4.69) is 120 Å². The number of benzene rings is 4. The predicted octanol–water partition coefficient (Wildman–Crippen LogP) is 10.8. The number of hydrogen-bond donors (Lipinski definition) is 3. The average Bonchev–Trinajstić information content (AvgIpc) is 1.64. The summed E-state index contributed by atoms with van der Waals surface area (Å²) < 4.78 is 0. The summed E-state index contributed by atoms with van der Waals surface area (Å²) in [6, 6.07) is 29.2. The number of nitrogens with zero attached hydrogens (tertiary/aromatic N) is 16. The van der Waals surface area contributed by atoms with Crippen LogP contribution in [0.2, 0.25) is 0 Å². The van der Waals surface area contributed by atoms with Crippen molar-refractivity contribution in [2.45, 2.75) is 251 Å². The molecule has 0 radical (unpaired) electrons. The van der Waals surface area contributed by atoms with Gasteiger partial charge in [-0.05, 0) is 357 Å². The first-order valence-corrected chi connectivity index (χ1v) is 55.4. The molecule has 784 valence electrons. The second-order valence-corrected chi connectivity index (χ2v) is 46.0. The van der Waals surface area contributed by atoms with Gasteiger partial charge in [0.25, 0.3) is 0 Å². The monoisotopic (exact) mass is 2010 g/mol. The Hall–Kier alpha value is -11.9. The molecular formula is C118H151N19O11. The zero-order valence-corrected chi connectivity index (χ0v) is 88.0. The third kappa shape index (κ3) is 22.4. The van der Waals surface area contributed by atoms with Crippen molar-refractivity contribution in [2.24, 2.45) is 54.9 Å². The smallest absolute Gasteiger partial charge is 0.239 e. The standard InChI is InChI=1S/C41H51N5O4.C39H51N7O3.C38H49N7O4/c1-27-18-29(20-34-24-43-25-36(27)34)19-33(40(50)46-17-12-41(26-46)10-15-45(16-11-41)39(49)28(2)42-3)23-38(48)44-13-8-30(9-14-44)35-21-31-6-4-5-7-32(31)22-37(35)47;1-27-19-28(21-30-24-41-25-33(27)30)20-29(38(49)45-18-10-39(26-45)8-16-43(17-9-39)31-4-12-40-13-5-31)22-36(47)44-14-6-32(7-15-44)46-35-3-2-11-42-34(35)23-37(46)48;1-25-17-27(19-29-22-40-23-31(25)29)18-28(37(49)44-16-10-38(24-44)8-14-43(15-9-38)36(48)26(2)39-3)20-34(46)42-12-6-30(7-13-42)45-33-5-4-11-41-32(33)21-35(45)47/h4-7,18,20-21,24,28,30,33,42H,8-17,19,22-23,25-26H2,1-3H3;2-3,11,19,21,24,29,31-32,40H,4-10,12-18,20,22-23,25-26H2,1H3;4-5,11,17,19,22,26,28,30,39H,6-10,12-16,18,20-21,23-24H2,1-3H3/t28-,33+;29-;26-,28+/m101/s1. The van der Waals surface area contributed by atoms with E-state index in [9.17, 15) is 52.7 Å². The van der Waals surface area contributed by atoms with Gasteiger partial charge in [-0.1, -0.05) is 42.5 Å². The van der Waals surface area contributed by atoms with Gasteiger partial charge in [0.15, 0.2) is 5.78 Å². The lowest BCUT2D eigenvalue weighted by atomic mass is 9.77. The number of pyridine rings is 2. The molecule has 17 heterocycles. The highest BCUT2D eigenvalue weighted by Crippen LogP contribution is 2.47. The van der Waals surface area contributed by atoms with E-state index in [1.165, 1.54) is 46.2 Å². The van der Waals surface area contributed by atoms with Crippen molar-refractivity contribution in [3.63, 3.8) is 0 Å². The third-order valence-electron chi connectivity index (χ3n) is 36.8. The van der Waals surface area contributed by atoms with E-state index in [0.717, 1.165) is 209 Å². The number of nitrogens with one attached hydrogen (secondary N) is 3. The number of anilines is 2. The first-order chi connectivity index (χ1) is 71.6. The van der Waals surface area contributed by atoms with Crippen LogP contribution in [0, 0.1) is 60.7 Å². The molecule has 30 heteroatoms. The number of Topliss-reactive ketones (excluding diaryl/α,β-unsaturated/α-hetero) is 1. The van der Waals surface area contributed by atoms with Crippen LogP contribution in [0.1, 0.15) is 232 Å². The Morgan fingerprint density at radius 1 is 0.392 bits per heavy atom. The lowest BCUT2D eigenvalue weighted by molar-refractivity contribution is -0.141.